The zero-order valence-electron chi connectivity index (χ0n) is 16.9. The number of carbonyl (C=O) groups excluding carboxylic acids is 1. The number of nitrogens with one attached hydrogen (secondary N) is 2. The molecule has 4 rings (SSSR count). The highest BCUT2D eigenvalue weighted by molar-refractivity contribution is 7.98. The van der Waals surface area contributed by atoms with Gasteiger partial charge in [0.15, 0.2) is 0 Å². The zero-order valence-corrected chi connectivity index (χ0v) is 18.5. The summed E-state index contributed by atoms with van der Waals surface area (Å²) in [7, 11) is 0. The van der Waals surface area contributed by atoms with Crippen LogP contribution >= 0.6 is 23.1 Å². The lowest BCUT2D eigenvalue weighted by Gasteiger charge is -2.31. The molecule has 2 atom stereocenters. The van der Waals surface area contributed by atoms with Crippen molar-refractivity contribution in [1.82, 2.24) is 15.8 Å². The first-order valence-electron chi connectivity index (χ1n) is 10.4. The van der Waals surface area contributed by atoms with Crippen molar-refractivity contribution in [3.63, 3.8) is 0 Å². The summed E-state index contributed by atoms with van der Waals surface area (Å²) in [4.78, 5) is 14.9. The van der Waals surface area contributed by atoms with Crippen molar-refractivity contribution in [2.45, 2.75) is 36.5 Å². The van der Waals surface area contributed by atoms with Crippen LogP contribution in [0.5, 0.6) is 0 Å². The number of amides is 1. The third-order valence-electron chi connectivity index (χ3n) is 5.46. The lowest BCUT2D eigenvalue weighted by molar-refractivity contribution is -0.122. The SMILES string of the molecule is O=C(C[C@@H]1CCNC[C@H]1Cc1cc(CSc2ccccc2)on1)NCc1cccs1. The molecule has 158 valence electrons. The quantitative estimate of drug-likeness (QED) is 0.479. The number of benzene rings is 1. The van der Waals surface area contributed by atoms with E-state index < -0.39 is 0 Å². The Balaban J connectivity index is 1.27. The van der Waals surface area contributed by atoms with E-state index in [0.717, 1.165) is 43.1 Å². The summed E-state index contributed by atoms with van der Waals surface area (Å²) in [5, 5.41) is 12.9. The Hall–Kier alpha value is -2.09. The van der Waals surface area contributed by atoms with Crippen LogP contribution in [0.25, 0.3) is 0 Å². The van der Waals surface area contributed by atoms with Crippen molar-refractivity contribution in [1.29, 1.82) is 0 Å². The third kappa shape index (κ3) is 6.20. The van der Waals surface area contributed by atoms with E-state index in [0.29, 0.717) is 24.8 Å². The maximum atomic E-state index is 12.5. The Morgan fingerprint density at radius 3 is 2.97 bits per heavy atom. The van der Waals surface area contributed by atoms with Crippen molar-refractivity contribution >= 4 is 29.0 Å². The fourth-order valence-electron chi connectivity index (χ4n) is 3.85. The molecule has 1 aliphatic heterocycles. The highest BCUT2D eigenvalue weighted by Crippen LogP contribution is 2.28. The van der Waals surface area contributed by atoms with Gasteiger partial charge in [-0.1, -0.05) is 29.4 Å². The van der Waals surface area contributed by atoms with Gasteiger partial charge in [0, 0.05) is 22.3 Å². The Morgan fingerprint density at radius 2 is 2.13 bits per heavy atom. The van der Waals surface area contributed by atoms with Crippen LogP contribution in [0.15, 0.2) is 63.3 Å². The molecule has 0 bridgehead atoms. The van der Waals surface area contributed by atoms with Crippen molar-refractivity contribution in [2.24, 2.45) is 11.8 Å². The van der Waals surface area contributed by atoms with Gasteiger partial charge in [-0.15, -0.1) is 23.1 Å². The second-order valence-corrected chi connectivity index (χ2v) is 9.74. The summed E-state index contributed by atoms with van der Waals surface area (Å²) in [5.74, 6) is 2.57. The smallest absolute Gasteiger partial charge is 0.220 e. The summed E-state index contributed by atoms with van der Waals surface area (Å²) in [5.41, 5.74) is 0.983. The van der Waals surface area contributed by atoms with E-state index >= 15 is 0 Å². The van der Waals surface area contributed by atoms with Gasteiger partial charge >= 0.3 is 0 Å². The van der Waals surface area contributed by atoms with Crippen molar-refractivity contribution < 1.29 is 9.32 Å². The van der Waals surface area contributed by atoms with Gasteiger partial charge < -0.3 is 15.2 Å². The topological polar surface area (TPSA) is 67.2 Å². The van der Waals surface area contributed by atoms with E-state index in [9.17, 15) is 4.79 Å². The normalized spacial score (nSPS) is 18.9. The van der Waals surface area contributed by atoms with Crippen LogP contribution in [-0.4, -0.2) is 24.2 Å². The first-order valence-corrected chi connectivity index (χ1v) is 12.2. The fraction of sp³-hybridized carbons (Fsp3) is 0.391. The highest BCUT2D eigenvalue weighted by Gasteiger charge is 2.28. The average Bonchev–Trinajstić information content (AvgIpc) is 3.45. The Kier molecular flexibility index (Phi) is 7.61. The number of piperidine rings is 1. The molecule has 30 heavy (non-hydrogen) atoms. The highest BCUT2D eigenvalue weighted by atomic mass is 32.2. The Labute approximate surface area is 185 Å². The minimum atomic E-state index is 0.139. The Bertz CT molecular complexity index is 912. The molecule has 0 radical (unpaired) electrons. The monoisotopic (exact) mass is 441 g/mol. The first kappa shape index (κ1) is 21.2. The molecule has 7 heteroatoms. The molecular formula is C23H27N3O2S2. The number of aromatic nitrogens is 1. The summed E-state index contributed by atoms with van der Waals surface area (Å²) < 4.78 is 5.55. The average molecular weight is 442 g/mol. The molecule has 1 saturated heterocycles. The van der Waals surface area contributed by atoms with E-state index in [-0.39, 0.29) is 5.91 Å². The van der Waals surface area contributed by atoms with E-state index in [1.807, 2.05) is 29.6 Å². The summed E-state index contributed by atoms with van der Waals surface area (Å²) in [6, 6.07) is 16.4. The van der Waals surface area contributed by atoms with E-state index in [1.165, 1.54) is 9.77 Å². The van der Waals surface area contributed by atoms with Gasteiger partial charge in [-0.05, 0) is 61.3 Å². The van der Waals surface area contributed by atoms with Gasteiger partial charge in [0.1, 0.15) is 5.76 Å². The summed E-state index contributed by atoms with van der Waals surface area (Å²) in [6.07, 6.45) is 2.44. The summed E-state index contributed by atoms with van der Waals surface area (Å²) >= 11 is 3.42. The van der Waals surface area contributed by atoms with Gasteiger partial charge in [0.05, 0.1) is 18.0 Å². The second kappa shape index (κ2) is 10.8. The van der Waals surface area contributed by atoms with Gasteiger partial charge in [0.2, 0.25) is 5.91 Å². The molecule has 0 spiro atoms. The molecule has 3 aromatic rings. The van der Waals surface area contributed by atoms with E-state index in [1.54, 1.807) is 23.1 Å². The van der Waals surface area contributed by atoms with E-state index in [4.69, 9.17) is 4.52 Å². The molecule has 0 saturated carbocycles. The standard InChI is InChI=1S/C23H27N3O2S2/c27-23(25-15-22-7-4-10-29-22)12-17-8-9-24-14-18(17)11-19-13-20(28-26-19)16-30-21-5-2-1-3-6-21/h1-7,10,13,17-18,24H,8-9,11-12,14-16H2,(H,25,27)/t17-,18+/m0/s1. The lowest BCUT2D eigenvalue weighted by atomic mass is 9.81. The third-order valence-corrected chi connectivity index (χ3v) is 7.37. The number of hydrogen-bond acceptors (Lipinski definition) is 6. The Morgan fingerprint density at radius 1 is 1.23 bits per heavy atom. The molecule has 1 fully saturated rings. The molecule has 1 aliphatic rings. The van der Waals surface area contributed by atoms with Gasteiger partial charge in [0.25, 0.3) is 0 Å². The van der Waals surface area contributed by atoms with Crippen LogP contribution < -0.4 is 10.6 Å². The second-order valence-electron chi connectivity index (χ2n) is 7.66. The fourth-order valence-corrected chi connectivity index (χ4v) is 5.29. The number of hydrogen-bond donors (Lipinski definition) is 2. The minimum Gasteiger partial charge on any atom is -0.360 e. The zero-order chi connectivity index (χ0) is 20.6. The number of nitrogens with zero attached hydrogens (tertiary/aromatic N) is 1. The van der Waals surface area contributed by atoms with Crippen LogP contribution in [0.1, 0.15) is 29.2 Å². The molecule has 0 aliphatic carbocycles. The van der Waals surface area contributed by atoms with Gasteiger partial charge in [-0.25, -0.2) is 0 Å². The molecule has 2 N–H and O–H groups in total. The minimum absolute atomic E-state index is 0.139. The lowest BCUT2D eigenvalue weighted by Crippen LogP contribution is -2.40. The van der Waals surface area contributed by atoms with Crippen LogP contribution in [-0.2, 0) is 23.5 Å². The molecule has 1 aromatic carbocycles. The van der Waals surface area contributed by atoms with Crippen molar-refractivity contribution in [3.05, 3.63) is 70.2 Å². The van der Waals surface area contributed by atoms with Crippen molar-refractivity contribution in [2.75, 3.05) is 13.1 Å². The summed E-state index contributed by atoms with van der Waals surface area (Å²) in [6.45, 7) is 2.51. The largest absolute Gasteiger partial charge is 0.360 e. The van der Waals surface area contributed by atoms with Crippen molar-refractivity contribution in [3.8, 4) is 0 Å². The molecule has 3 heterocycles. The number of carbonyl (C=O) groups is 1. The maximum Gasteiger partial charge on any atom is 0.220 e. The first-order chi connectivity index (χ1) is 14.8. The number of thiophene rings is 1. The van der Waals surface area contributed by atoms with Crippen LogP contribution in [0.2, 0.25) is 0 Å². The number of thioether (sulfide) groups is 1. The van der Waals surface area contributed by atoms with Gasteiger partial charge in [-0.3, -0.25) is 4.79 Å². The van der Waals surface area contributed by atoms with Crippen LogP contribution in [0.3, 0.4) is 0 Å². The van der Waals surface area contributed by atoms with Crippen LogP contribution in [0, 0.1) is 11.8 Å². The molecule has 0 unspecified atom stereocenters. The van der Waals surface area contributed by atoms with E-state index in [2.05, 4.69) is 40.1 Å². The molecule has 1 amide bonds. The predicted octanol–water partition coefficient (Wildman–Crippen LogP) is 4.50. The maximum absolute atomic E-state index is 12.5. The van der Waals surface area contributed by atoms with Crippen LogP contribution in [0.4, 0.5) is 0 Å². The molecular weight excluding hydrogens is 414 g/mol. The number of rotatable bonds is 9. The molecule has 5 nitrogen and oxygen atoms in total. The molecule has 2 aromatic heterocycles. The van der Waals surface area contributed by atoms with Gasteiger partial charge in [-0.2, -0.15) is 0 Å². The predicted molar refractivity (Wildman–Crippen MR) is 121 cm³/mol.